The number of hydrogen-bond acceptors (Lipinski definition) is 2. The molecule has 0 amide bonds. The number of nitrogens with zero attached hydrogens (tertiary/aromatic N) is 1. The monoisotopic (exact) mass is 197 g/mol. The van der Waals surface area contributed by atoms with Gasteiger partial charge in [-0.3, -0.25) is 0 Å². The van der Waals surface area contributed by atoms with E-state index in [4.69, 9.17) is 0 Å². The first-order valence-electron chi connectivity index (χ1n) is 6.15. The molecule has 2 nitrogen and oxygen atoms in total. The van der Waals surface area contributed by atoms with Crippen LogP contribution in [0.1, 0.15) is 44.9 Å². The Hall–Kier alpha value is -0.0800. The summed E-state index contributed by atoms with van der Waals surface area (Å²) in [6.45, 7) is 1.12. The Bertz CT molecular complexity index is 179. The number of aliphatic hydroxyl groups is 1. The van der Waals surface area contributed by atoms with Crippen molar-refractivity contribution >= 4 is 0 Å². The van der Waals surface area contributed by atoms with E-state index in [9.17, 15) is 5.11 Å². The second-order valence-electron chi connectivity index (χ2n) is 5.14. The lowest BCUT2D eigenvalue weighted by Gasteiger charge is -2.39. The van der Waals surface area contributed by atoms with Crippen LogP contribution in [0.15, 0.2) is 0 Å². The molecule has 2 aliphatic rings. The highest BCUT2D eigenvalue weighted by Gasteiger charge is 2.28. The third-order valence-electron chi connectivity index (χ3n) is 4.09. The van der Waals surface area contributed by atoms with Gasteiger partial charge in [0.1, 0.15) is 0 Å². The lowest BCUT2D eigenvalue weighted by molar-refractivity contribution is 0.0334. The van der Waals surface area contributed by atoms with Gasteiger partial charge in [0, 0.05) is 12.6 Å². The highest BCUT2D eigenvalue weighted by molar-refractivity contribution is 4.82. The molecule has 82 valence electrons. The van der Waals surface area contributed by atoms with Crippen LogP contribution in [0, 0.1) is 5.92 Å². The third-order valence-corrected chi connectivity index (χ3v) is 4.09. The van der Waals surface area contributed by atoms with Gasteiger partial charge in [0.05, 0.1) is 6.10 Å². The molecule has 2 unspecified atom stereocenters. The molecule has 2 heteroatoms. The second-order valence-corrected chi connectivity index (χ2v) is 5.14. The third kappa shape index (κ3) is 2.29. The zero-order chi connectivity index (χ0) is 9.97. The molecule has 2 aliphatic carbocycles. The van der Waals surface area contributed by atoms with Gasteiger partial charge in [-0.15, -0.1) is 0 Å². The molecule has 0 aromatic carbocycles. The van der Waals surface area contributed by atoms with E-state index in [1.807, 2.05) is 0 Å². The van der Waals surface area contributed by atoms with Gasteiger partial charge < -0.3 is 10.0 Å². The first-order valence-corrected chi connectivity index (χ1v) is 6.15. The van der Waals surface area contributed by atoms with E-state index in [2.05, 4.69) is 11.9 Å². The van der Waals surface area contributed by atoms with Gasteiger partial charge in [0.25, 0.3) is 0 Å². The van der Waals surface area contributed by atoms with Crippen molar-refractivity contribution in [2.75, 3.05) is 13.6 Å². The molecule has 0 heterocycles. The standard InChI is InChI=1S/C12H23NO/c1-13(11-6-4-7-11)9-10-5-2-3-8-12(10)14/h10-12,14H,2-9H2,1H3. The Labute approximate surface area is 87.3 Å². The van der Waals surface area contributed by atoms with E-state index in [0.29, 0.717) is 5.92 Å². The van der Waals surface area contributed by atoms with Crippen molar-refractivity contribution in [3.05, 3.63) is 0 Å². The van der Waals surface area contributed by atoms with Gasteiger partial charge in [0.2, 0.25) is 0 Å². The predicted molar refractivity (Wildman–Crippen MR) is 58.2 cm³/mol. The van der Waals surface area contributed by atoms with E-state index in [0.717, 1.165) is 19.0 Å². The van der Waals surface area contributed by atoms with Crippen molar-refractivity contribution in [1.82, 2.24) is 4.90 Å². The van der Waals surface area contributed by atoms with E-state index < -0.39 is 0 Å². The quantitative estimate of drug-likeness (QED) is 0.748. The summed E-state index contributed by atoms with van der Waals surface area (Å²) in [6, 6.07) is 0.823. The fourth-order valence-electron chi connectivity index (χ4n) is 2.75. The lowest BCUT2D eigenvalue weighted by Crippen LogP contribution is -2.43. The van der Waals surface area contributed by atoms with E-state index >= 15 is 0 Å². The Morgan fingerprint density at radius 1 is 1.07 bits per heavy atom. The maximum absolute atomic E-state index is 9.86. The predicted octanol–water partition coefficient (Wildman–Crippen LogP) is 2.02. The Morgan fingerprint density at radius 3 is 2.36 bits per heavy atom. The SMILES string of the molecule is CN(CC1CCCCC1O)C1CCC1. The molecule has 1 N–H and O–H groups in total. The highest BCUT2D eigenvalue weighted by atomic mass is 16.3. The molecular formula is C12H23NO. The molecule has 0 saturated heterocycles. The van der Waals surface area contributed by atoms with Crippen molar-refractivity contribution in [1.29, 1.82) is 0 Å². The number of aliphatic hydroxyl groups excluding tert-OH is 1. The van der Waals surface area contributed by atoms with Crippen molar-refractivity contribution < 1.29 is 5.11 Å². The second kappa shape index (κ2) is 4.63. The van der Waals surface area contributed by atoms with Crippen LogP contribution in [0.5, 0.6) is 0 Å². The Balaban J connectivity index is 1.76. The largest absolute Gasteiger partial charge is 0.393 e. The molecule has 2 rings (SSSR count). The van der Waals surface area contributed by atoms with Gasteiger partial charge in [-0.2, -0.15) is 0 Å². The van der Waals surface area contributed by atoms with Gasteiger partial charge in [-0.1, -0.05) is 19.3 Å². The fourth-order valence-corrected chi connectivity index (χ4v) is 2.75. The topological polar surface area (TPSA) is 23.5 Å². The lowest BCUT2D eigenvalue weighted by atomic mass is 9.84. The summed E-state index contributed by atoms with van der Waals surface area (Å²) >= 11 is 0. The normalized spacial score (nSPS) is 34.5. The van der Waals surface area contributed by atoms with E-state index in [1.54, 1.807) is 0 Å². The molecular weight excluding hydrogens is 174 g/mol. The number of hydrogen-bond donors (Lipinski definition) is 1. The van der Waals surface area contributed by atoms with E-state index in [-0.39, 0.29) is 6.10 Å². The molecule has 0 bridgehead atoms. The van der Waals surface area contributed by atoms with Crippen LogP contribution in [0.2, 0.25) is 0 Å². The minimum atomic E-state index is -0.0220. The van der Waals surface area contributed by atoms with Crippen LogP contribution in [0.4, 0.5) is 0 Å². The average Bonchev–Trinajstić information content (AvgIpc) is 2.05. The van der Waals surface area contributed by atoms with Crippen molar-refractivity contribution in [2.45, 2.75) is 57.1 Å². The molecule has 0 aromatic rings. The molecule has 2 fully saturated rings. The zero-order valence-electron chi connectivity index (χ0n) is 9.28. The van der Waals surface area contributed by atoms with Crippen LogP contribution in [-0.2, 0) is 0 Å². The maximum Gasteiger partial charge on any atom is 0.0580 e. The van der Waals surface area contributed by atoms with Gasteiger partial charge in [-0.05, 0) is 38.6 Å². The fraction of sp³-hybridized carbons (Fsp3) is 1.00. The first-order chi connectivity index (χ1) is 6.77. The summed E-state index contributed by atoms with van der Waals surface area (Å²) in [5.41, 5.74) is 0. The van der Waals surface area contributed by atoms with Crippen LogP contribution in [0.3, 0.4) is 0 Å². The summed E-state index contributed by atoms with van der Waals surface area (Å²) in [4.78, 5) is 2.47. The smallest absolute Gasteiger partial charge is 0.0580 e. The summed E-state index contributed by atoms with van der Waals surface area (Å²) < 4.78 is 0. The molecule has 2 atom stereocenters. The van der Waals surface area contributed by atoms with Crippen LogP contribution in [0.25, 0.3) is 0 Å². The van der Waals surface area contributed by atoms with Crippen LogP contribution >= 0.6 is 0 Å². The van der Waals surface area contributed by atoms with Crippen molar-refractivity contribution in [3.63, 3.8) is 0 Å². The summed E-state index contributed by atoms with van der Waals surface area (Å²) in [5.74, 6) is 0.550. The van der Waals surface area contributed by atoms with Crippen LogP contribution in [-0.4, -0.2) is 35.7 Å². The highest BCUT2D eigenvalue weighted by Crippen LogP contribution is 2.29. The van der Waals surface area contributed by atoms with Gasteiger partial charge in [0.15, 0.2) is 0 Å². The minimum Gasteiger partial charge on any atom is -0.393 e. The minimum absolute atomic E-state index is 0.0220. The van der Waals surface area contributed by atoms with Crippen molar-refractivity contribution in [3.8, 4) is 0 Å². The van der Waals surface area contributed by atoms with Gasteiger partial charge in [-0.25, -0.2) is 0 Å². The molecule has 2 saturated carbocycles. The Kier molecular flexibility index (Phi) is 3.45. The van der Waals surface area contributed by atoms with Gasteiger partial charge >= 0.3 is 0 Å². The maximum atomic E-state index is 9.86. The molecule has 14 heavy (non-hydrogen) atoms. The summed E-state index contributed by atoms with van der Waals surface area (Å²) in [6.07, 6.45) is 8.94. The molecule has 0 aliphatic heterocycles. The summed E-state index contributed by atoms with van der Waals surface area (Å²) in [7, 11) is 2.23. The van der Waals surface area contributed by atoms with Crippen molar-refractivity contribution in [2.24, 2.45) is 5.92 Å². The molecule has 0 aromatic heterocycles. The van der Waals surface area contributed by atoms with Crippen LogP contribution < -0.4 is 0 Å². The zero-order valence-corrected chi connectivity index (χ0v) is 9.28. The molecule has 0 radical (unpaired) electrons. The number of rotatable bonds is 3. The average molecular weight is 197 g/mol. The molecule has 0 spiro atoms. The summed E-state index contributed by atoms with van der Waals surface area (Å²) in [5, 5.41) is 9.86. The first kappa shape index (κ1) is 10.4. The Morgan fingerprint density at radius 2 is 1.79 bits per heavy atom. The van der Waals surface area contributed by atoms with E-state index in [1.165, 1.54) is 38.5 Å².